The number of nitrogens with one attached hydrogen (secondary N) is 2. The molecule has 5 nitrogen and oxygen atoms in total. The van der Waals surface area contributed by atoms with Gasteiger partial charge in [-0.1, -0.05) is 0 Å². The third-order valence-electron chi connectivity index (χ3n) is 3.55. The van der Waals surface area contributed by atoms with Crippen molar-refractivity contribution >= 4 is 11.6 Å². The maximum Gasteiger partial charge on any atom is 0.251 e. The van der Waals surface area contributed by atoms with Crippen LogP contribution in [0.1, 0.15) is 29.3 Å². The molecule has 0 spiro atoms. The Morgan fingerprint density at radius 2 is 2.35 bits per heavy atom. The normalized spacial score (nSPS) is 16.1. The summed E-state index contributed by atoms with van der Waals surface area (Å²) < 4.78 is 4.94. The minimum Gasteiger partial charge on any atom is -0.388 e. The second-order valence-corrected chi connectivity index (χ2v) is 5.47. The first-order chi connectivity index (χ1) is 9.52. The van der Waals surface area contributed by atoms with Gasteiger partial charge in [0, 0.05) is 44.5 Å². The number of methoxy groups -OCH3 is 1. The molecule has 0 saturated heterocycles. The quantitative estimate of drug-likeness (QED) is 0.730. The Hall–Kier alpha value is -1.59. The molecule has 1 unspecified atom stereocenters. The van der Waals surface area contributed by atoms with Crippen molar-refractivity contribution in [3.8, 4) is 0 Å². The van der Waals surface area contributed by atoms with Crippen molar-refractivity contribution < 1.29 is 14.6 Å². The molecule has 1 heterocycles. The van der Waals surface area contributed by atoms with E-state index >= 15 is 0 Å². The molecule has 1 aromatic carbocycles. The van der Waals surface area contributed by atoms with Crippen LogP contribution in [0, 0.1) is 0 Å². The molecule has 1 aliphatic heterocycles. The summed E-state index contributed by atoms with van der Waals surface area (Å²) in [5.41, 5.74) is 1.96. The van der Waals surface area contributed by atoms with Gasteiger partial charge >= 0.3 is 0 Å². The summed E-state index contributed by atoms with van der Waals surface area (Å²) in [6, 6.07) is 5.64. The summed E-state index contributed by atoms with van der Waals surface area (Å²) in [7, 11) is 1.59. The minimum absolute atomic E-state index is 0.155. The lowest BCUT2D eigenvalue weighted by atomic mass is 10.0. The minimum atomic E-state index is -0.954. The molecule has 3 N–H and O–H groups in total. The number of fused-ring (bicyclic) bond motifs is 1. The van der Waals surface area contributed by atoms with E-state index in [1.165, 1.54) is 5.56 Å². The molecule has 0 bridgehead atoms. The van der Waals surface area contributed by atoms with Crippen LogP contribution in [0.2, 0.25) is 0 Å². The molecule has 20 heavy (non-hydrogen) atoms. The Balaban J connectivity index is 1.92. The molecule has 1 amide bonds. The topological polar surface area (TPSA) is 70.6 Å². The van der Waals surface area contributed by atoms with Crippen molar-refractivity contribution in [2.45, 2.75) is 25.4 Å². The highest BCUT2D eigenvalue weighted by molar-refractivity contribution is 5.95. The van der Waals surface area contributed by atoms with Gasteiger partial charge in [0.25, 0.3) is 5.91 Å². The molecule has 0 radical (unpaired) electrons. The summed E-state index contributed by atoms with van der Waals surface area (Å²) in [5, 5.41) is 16.1. The number of carbonyl (C=O) groups excluding carboxylic acids is 1. The monoisotopic (exact) mass is 278 g/mol. The number of ether oxygens (including phenoxy) is 1. The number of amides is 1. The van der Waals surface area contributed by atoms with Crippen LogP contribution in [0.3, 0.4) is 0 Å². The Morgan fingerprint density at radius 1 is 1.55 bits per heavy atom. The lowest BCUT2D eigenvalue weighted by Crippen LogP contribution is -2.41. The number of benzene rings is 1. The second-order valence-electron chi connectivity index (χ2n) is 5.47. The highest BCUT2D eigenvalue weighted by Gasteiger charge is 2.21. The van der Waals surface area contributed by atoms with Crippen LogP contribution in [-0.2, 0) is 11.2 Å². The Kier molecular flexibility index (Phi) is 4.62. The Bertz CT molecular complexity index is 486. The van der Waals surface area contributed by atoms with Crippen LogP contribution in [0.5, 0.6) is 0 Å². The standard InChI is InChI=1S/C15H22N2O3/c1-15(19,6-8-20-2)10-17-14(18)12-3-4-13-11(9-12)5-7-16-13/h3-4,9,16,19H,5-8,10H2,1-2H3,(H,17,18). The summed E-state index contributed by atoms with van der Waals surface area (Å²) >= 11 is 0. The van der Waals surface area contributed by atoms with Crippen molar-refractivity contribution in [2.75, 3.05) is 32.1 Å². The fraction of sp³-hybridized carbons (Fsp3) is 0.533. The molecule has 1 aromatic rings. The summed E-state index contributed by atoms with van der Waals surface area (Å²) in [6.07, 6.45) is 1.43. The molecule has 5 heteroatoms. The van der Waals surface area contributed by atoms with E-state index in [9.17, 15) is 9.90 Å². The first kappa shape index (κ1) is 14.8. The summed E-state index contributed by atoms with van der Waals surface area (Å²) in [6.45, 7) is 3.29. The maximum absolute atomic E-state index is 12.1. The molecule has 2 rings (SSSR count). The zero-order chi connectivity index (χ0) is 14.6. The predicted molar refractivity (Wildman–Crippen MR) is 78.1 cm³/mol. The van der Waals surface area contributed by atoms with Crippen LogP contribution in [0.25, 0.3) is 0 Å². The van der Waals surface area contributed by atoms with E-state index in [-0.39, 0.29) is 12.5 Å². The number of aliphatic hydroxyl groups is 1. The predicted octanol–water partition coefficient (Wildman–Crippen LogP) is 1.17. The van der Waals surface area contributed by atoms with E-state index in [4.69, 9.17) is 4.74 Å². The van der Waals surface area contributed by atoms with Gasteiger partial charge in [-0.15, -0.1) is 0 Å². The number of carbonyl (C=O) groups is 1. The van der Waals surface area contributed by atoms with Gasteiger partial charge in [0.2, 0.25) is 0 Å². The molecular weight excluding hydrogens is 256 g/mol. The average Bonchev–Trinajstić information content (AvgIpc) is 2.90. The van der Waals surface area contributed by atoms with Gasteiger partial charge in [0.05, 0.1) is 5.60 Å². The molecule has 0 aliphatic carbocycles. The van der Waals surface area contributed by atoms with E-state index in [0.717, 1.165) is 18.7 Å². The molecular formula is C15H22N2O3. The number of rotatable bonds is 6. The smallest absolute Gasteiger partial charge is 0.251 e. The average molecular weight is 278 g/mol. The lowest BCUT2D eigenvalue weighted by molar-refractivity contribution is 0.0243. The van der Waals surface area contributed by atoms with Crippen LogP contribution >= 0.6 is 0 Å². The number of anilines is 1. The SMILES string of the molecule is COCCC(C)(O)CNC(=O)c1ccc2c(c1)CCN2. The summed E-state index contributed by atoms with van der Waals surface area (Å²) in [5.74, 6) is -0.155. The second kappa shape index (κ2) is 6.24. The molecule has 0 aromatic heterocycles. The van der Waals surface area contributed by atoms with Gasteiger partial charge in [-0.2, -0.15) is 0 Å². The number of hydrogen-bond acceptors (Lipinski definition) is 4. The van der Waals surface area contributed by atoms with Crippen molar-refractivity contribution in [1.82, 2.24) is 5.32 Å². The van der Waals surface area contributed by atoms with Gasteiger partial charge in [-0.25, -0.2) is 0 Å². The van der Waals surface area contributed by atoms with E-state index < -0.39 is 5.60 Å². The Labute approximate surface area is 119 Å². The van der Waals surface area contributed by atoms with Gasteiger partial charge in [-0.3, -0.25) is 4.79 Å². The summed E-state index contributed by atoms with van der Waals surface area (Å²) in [4.78, 5) is 12.1. The van der Waals surface area contributed by atoms with E-state index in [1.54, 1.807) is 20.1 Å². The highest BCUT2D eigenvalue weighted by Crippen LogP contribution is 2.23. The van der Waals surface area contributed by atoms with Crippen molar-refractivity contribution in [2.24, 2.45) is 0 Å². The zero-order valence-corrected chi connectivity index (χ0v) is 12.0. The lowest BCUT2D eigenvalue weighted by Gasteiger charge is -2.23. The molecule has 1 aliphatic rings. The van der Waals surface area contributed by atoms with Crippen LogP contribution in [0.15, 0.2) is 18.2 Å². The fourth-order valence-electron chi connectivity index (χ4n) is 2.23. The van der Waals surface area contributed by atoms with E-state index in [1.807, 2.05) is 12.1 Å². The molecule has 0 fully saturated rings. The van der Waals surface area contributed by atoms with Gasteiger partial charge < -0.3 is 20.5 Å². The largest absolute Gasteiger partial charge is 0.388 e. The highest BCUT2D eigenvalue weighted by atomic mass is 16.5. The van der Waals surface area contributed by atoms with Gasteiger partial charge in [0.1, 0.15) is 0 Å². The van der Waals surface area contributed by atoms with Crippen molar-refractivity contribution in [1.29, 1.82) is 0 Å². The number of hydrogen-bond donors (Lipinski definition) is 3. The van der Waals surface area contributed by atoms with Crippen LogP contribution in [0.4, 0.5) is 5.69 Å². The van der Waals surface area contributed by atoms with Crippen molar-refractivity contribution in [3.63, 3.8) is 0 Å². The van der Waals surface area contributed by atoms with Gasteiger partial charge in [-0.05, 0) is 37.1 Å². The van der Waals surface area contributed by atoms with Crippen LogP contribution in [-0.4, -0.2) is 43.4 Å². The van der Waals surface area contributed by atoms with E-state index in [2.05, 4.69) is 10.6 Å². The zero-order valence-electron chi connectivity index (χ0n) is 12.0. The van der Waals surface area contributed by atoms with Crippen molar-refractivity contribution in [3.05, 3.63) is 29.3 Å². The van der Waals surface area contributed by atoms with Gasteiger partial charge in [0.15, 0.2) is 0 Å². The molecule has 0 saturated carbocycles. The maximum atomic E-state index is 12.1. The fourth-order valence-corrected chi connectivity index (χ4v) is 2.23. The van der Waals surface area contributed by atoms with E-state index in [0.29, 0.717) is 18.6 Å². The third kappa shape index (κ3) is 3.71. The first-order valence-corrected chi connectivity index (χ1v) is 6.88. The first-order valence-electron chi connectivity index (χ1n) is 6.88. The molecule has 1 atom stereocenters. The molecule has 110 valence electrons. The van der Waals surface area contributed by atoms with Crippen LogP contribution < -0.4 is 10.6 Å². The third-order valence-corrected chi connectivity index (χ3v) is 3.55. The Morgan fingerprint density at radius 3 is 3.10 bits per heavy atom.